The SMILES string of the molecule is C[C@@H]1CC(C)(C)N2C(=O)[C@H](Oc3ccccc3)[C@@]2(c2ccccc2)O1. The van der Waals surface area contributed by atoms with E-state index in [2.05, 4.69) is 20.8 Å². The van der Waals surface area contributed by atoms with Crippen molar-refractivity contribution in [1.82, 2.24) is 4.90 Å². The van der Waals surface area contributed by atoms with Gasteiger partial charge in [-0.05, 0) is 39.3 Å². The Morgan fingerprint density at radius 2 is 1.64 bits per heavy atom. The minimum Gasteiger partial charge on any atom is -0.475 e. The van der Waals surface area contributed by atoms with Gasteiger partial charge in [-0.25, -0.2) is 0 Å². The molecule has 130 valence electrons. The smallest absolute Gasteiger partial charge is 0.272 e. The van der Waals surface area contributed by atoms with Crippen molar-refractivity contribution >= 4 is 5.91 Å². The van der Waals surface area contributed by atoms with E-state index < -0.39 is 11.8 Å². The summed E-state index contributed by atoms with van der Waals surface area (Å²) in [4.78, 5) is 14.9. The number of hydrogen-bond donors (Lipinski definition) is 0. The van der Waals surface area contributed by atoms with E-state index in [-0.39, 0.29) is 17.6 Å². The molecule has 0 aromatic heterocycles. The maximum atomic E-state index is 13.0. The lowest BCUT2D eigenvalue weighted by Crippen LogP contribution is -2.82. The molecule has 2 fully saturated rings. The minimum atomic E-state index is -0.880. The first kappa shape index (κ1) is 16.2. The molecule has 0 saturated carbocycles. The first-order valence-corrected chi connectivity index (χ1v) is 8.74. The van der Waals surface area contributed by atoms with Crippen LogP contribution in [0.1, 0.15) is 32.8 Å². The van der Waals surface area contributed by atoms with Gasteiger partial charge in [-0.2, -0.15) is 0 Å². The third kappa shape index (κ3) is 2.35. The number of rotatable bonds is 3. The molecule has 2 heterocycles. The van der Waals surface area contributed by atoms with Crippen LogP contribution in [0.4, 0.5) is 0 Å². The number of carbonyl (C=O) groups excluding carboxylic acids is 1. The van der Waals surface area contributed by atoms with Crippen molar-refractivity contribution in [1.29, 1.82) is 0 Å². The maximum Gasteiger partial charge on any atom is 0.272 e. The summed E-state index contributed by atoms with van der Waals surface area (Å²) in [5.74, 6) is 0.653. The predicted molar refractivity (Wildman–Crippen MR) is 95.1 cm³/mol. The van der Waals surface area contributed by atoms with Crippen molar-refractivity contribution in [3.05, 3.63) is 66.2 Å². The highest BCUT2D eigenvalue weighted by Gasteiger charge is 2.70. The lowest BCUT2D eigenvalue weighted by atomic mass is 9.76. The predicted octanol–water partition coefficient (Wildman–Crippen LogP) is 3.72. The molecular weight excluding hydrogens is 314 g/mol. The van der Waals surface area contributed by atoms with E-state index in [1.54, 1.807) is 0 Å². The van der Waals surface area contributed by atoms with Crippen LogP contribution < -0.4 is 4.74 Å². The van der Waals surface area contributed by atoms with Crippen LogP contribution in [0.15, 0.2) is 60.7 Å². The highest BCUT2D eigenvalue weighted by molar-refractivity contribution is 5.91. The fraction of sp³-hybridized carbons (Fsp3) is 0.381. The fourth-order valence-electron chi connectivity index (χ4n) is 4.30. The van der Waals surface area contributed by atoms with E-state index in [1.165, 1.54) is 0 Å². The average Bonchev–Trinajstić information content (AvgIpc) is 2.59. The van der Waals surface area contributed by atoms with E-state index in [1.807, 2.05) is 65.6 Å². The normalized spacial score (nSPS) is 30.4. The molecule has 4 rings (SSSR count). The van der Waals surface area contributed by atoms with Gasteiger partial charge in [0.2, 0.25) is 11.8 Å². The Balaban J connectivity index is 1.80. The molecule has 2 aliphatic heterocycles. The standard InChI is InChI=1S/C21H23NO3/c1-15-14-20(2,3)22-19(23)18(24-17-12-8-5-9-13-17)21(22,25-15)16-10-6-4-7-11-16/h4-13,15,18H,14H2,1-3H3/t15-,18+,21-/m1/s1. The van der Waals surface area contributed by atoms with Gasteiger partial charge in [-0.1, -0.05) is 48.5 Å². The highest BCUT2D eigenvalue weighted by Crippen LogP contribution is 2.53. The Bertz CT molecular complexity index is 774. The molecule has 4 heteroatoms. The summed E-state index contributed by atoms with van der Waals surface area (Å²) >= 11 is 0. The Morgan fingerprint density at radius 1 is 1.04 bits per heavy atom. The van der Waals surface area contributed by atoms with Gasteiger partial charge in [0.1, 0.15) is 5.75 Å². The van der Waals surface area contributed by atoms with Crippen molar-refractivity contribution in [2.75, 3.05) is 0 Å². The number of carbonyl (C=O) groups is 1. The van der Waals surface area contributed by atoms with Crippen LogP contribution in [0.2, 0.25) is 0 Å². The van der Waals surface area contributed by atoms with E-state index in [0.29, 0.717) is 5.75 Å². The molecule has 2 aromatic rings. The molecule has 0 radical (unpaired) electrons. The van der Waals surface area contributed by atoms with Crippen molar-refractivity contribution in [3.8, 4) is 5.75 Å². The third-order valence-corrected chi connectivity index (χ3v) is 5.09. The zero-order valence-electron chi connectivity index (χ0n) is 14.8. The highest BCUT2D eigenvalue weighted by atomic mass is 16.6. The Labute approximate surface area is 148 Å². The molecule has 3 atom stereocenters. The summed E-state index contributed by atoms with van der Waals surface area (Å²) in [7, 11) is 0. The lowest BCUT2D eigenvalue weighted by Gasteiger charge is -2.65. The molecule has 0 bridgehead atoms. The second kappa shape index (κ2) is 5.60. The topological polar surface area (TPSA) is 38.8 Å². The fourth-order valence-corrected chi connectivity index (χ4v) is 4.30. The van der Waals surface area contributed by atoms with Crippen molar-refractivity contribution in [2.24, 2.45) is 0 Å². The molecule has 0 aliphatic carbocycles. The summed E-state index contributed by atoms with van der Waals surface area (Å²) in [6, 6.07) is 19.4. The van der Waals surface area contributed by atoms with Gasteiger partial charge < -0.3 is 9.47 Å². The van der Waals surface area contributed by atoms with Gasteiger partial charge in [-0.15, -0.1) is 0 Å². The minimum absolute atomic E-state index is 0.0235. The van der Waals surface area contributed by atoms with Crippen molar-refractivity contribution < 1.29 is 14.3 Å². The van der Waals surface area contributed by atoms with Crippen LogP contribution in [0, 0.1) is 0 Å². The Kier molecular flexibility index (Phi) is 3.62. The van der Waals surface area contributed by atoms with E-state index in [4.69, 9.17) is 9.47 Å². The maximum absolute atomic E-state index is 13.0. The number of hydrogen-bond acceptors (Lipinski definition) is 3. The average molecular weight is 337 g/mol. The number of para-hydroxylation sites is 1. The van der Waals surface area contributed by atoms with Crippen molar-refractivity contribution in [2.45, 2.75) is 50.7 Å². The number of amides is 1. The Hall–Kier alpha value is -2.33. The number of β-lactam (4-membered cyclic amide) rings is 1. The molecule has 25 heavy (non-hydrogen) atoms. The first-order chi connectivity index (χ1) is 11.9. The van der Waals surface area contributed by atoms with Gasteiger partial charge in [-0.3, -0.25) is 9.69 Å². The van der Waals surface area contributed by atoms with Gasteiger partial charge >= 0.3 is 0 Å². The molecule has 4 nitrogen and oxygen atoms in total. The van der Waals surface area contributed by atoms with Crippen LogP contribution in [0.5, 0.6) is 5.75 Å². The van der Waals surface area contributed by atoms with Crippen LogP contribution in [0.3, 0.4) is 0 Å². The number of fused-ring (bicyclic) bond motifs is 1. The number of nitrogens with zero attached hydrogens (tertiary/aromatic N) is 1. The summed E-state index contributed by atoms with van der Waals surface area (Å²) in [5.41, 5.74) is -0.216. The third-order valence-electron chi connectivity index (χ3n) is 5.09. The van der Waals surface area contributed by atoms with Gasteiger partial charge in [0, 0.05) is 11.1 Å². The van der Waals surface area contributed by atoms with Gasteiger partial charge in [0.25, 0.3) is 5.91 Å². The number of ether oxygens (including phenoxy) is 2. The molecule has 2 saturated heterocycles. The lowest BCUT2D eigenvalue weighted by molar-refractivity contribution is -0.326. The molecule has 1 amide bonds. The molecule has 0 unspecified atom stereocenters. The van der Waals surface area contributed by atoms with E-state index in [0.717, 1.165) is 12.0 Å². The quantitative estimate of drug-likeness (QED) is 0.801. The molecule has 2 aliphatic rings. The van der Waals surface area contributed by atoms with Crippen LogP contribution in [-0.2, 0) is 15.3 Å². The summed E-state index contributed by atoms with van der Waals surface area (Å²) in [6.07, 6.45) is 0.145. The van der Waals surface area contributed by atoms with Crippen molar-refractivity contribution in [3.63, 3.8) is 0 Å². The summed E-state index contributed by atoms with van der Waals surface area (Å²) in [5, 5.41) is 0. The number of benzene rings is 2. The summed E-state index contributed by atoms with van der Waals surface area (Å²) in [6.45, 7) is 6.26. The molecule has 2 aromatic carbocycles. The van der Waals surface area contributed by atoms with Crippen LogP contribution >= 0.6 is 0 Å². The van der Waals surface area contributed by atoms with Gasteiger partial charge in [0.15, 0.2) is 0 Å². The van der Waals surface area contributed by atoms with E-state index in [9.17, 15) is 4.79 Å². The first-order valence-electron chi connectivity index (χ1n) is 8.74. The van der Waals surface area contributed by atoms with Crippen LogP contribution in [0.25, 0.3) is 0 Å². The zero-order valence-corrected chi connectivity index (χ0v) is 14.8. The van der Waals surface area contributed by atoms with Gasteiger partial charge in [0.05, 0.1) is 6.10 Å². The monoisotopic (exact) mass is 337 g/mol. The Morgan fingerprint density at radius 3 is 2.28 bits per heavy atom. The largest absolute Gasteiger partial charge is 0.475 e. The second-order valence-corrected chi connectivity index (χ2v) is 7.49. The molecular formula is C21H23NO3. The van der Waals surface area contributed by atoms with Crippen LogP contribution in [-0.4, -0.2) is 28.6 Å². The molecule has 0 N–H and O–H groups in total. The zero-order chi connectivity index (χ0) is 17.7. The second-order valence-electron chi connectivity index (χ2n) is 7.49. The molecule has 0 spiro atoms. The van der Waals surface area contributed by atoms with E-state index >= 15 is 0 Å². The summed E-state index contributed by atoms with van der Waals surface area (Å²) < 4.78 is 12.5.